The lowest BCUT2D eigenvalue weighted by Crippen LogP contribution is -2.01. The highest BCUT2D eigenvalue weighted by Gasteiger charge is 2.13. The molecular formula is C16H25N. The van der Waals surface area contributed by atoms with Crippen molar-refractivity contribution in [2.24, 2.45) is 5.73 Å². The fraction of sp³-hybridized carbons (Fsp3) is 0.625. The Morgan fingerprint density at radius 1 is 0.941 bits per heavy atom. The highest BCUT2D eigenvalue weighted by molar-refractivity contribution is 5.25. The molecule has 2 N–H and O–H groups in total. The summed E-state index contributed by atoms with van der Waals surface area (Å²) in [5, 5.41) is 0. The molecule has 0 aromatic heterocycles. The first-order valence-corrected chi connectivity index (χ1v) is 7.19. The molecular weight excluding hydrogens is 206 g/mol. The number of aryl methyl sites for hydroxylation is 1. The summed E-state index contributed by atoms with van der Waals surface area (Å²) >= 11 is 0. The van der Waals surface area contributed by atoms with E-state index in [9.17, 15) is 0 Å². The number of benzene rings is 1. The predicted molar refractivity (Wildman–Crippen MR) is 74.3 cm³/mol. The molecule has 0 radical (unpaired) electrons. The Balaban J connectivity index is 1.96. The Hall–Kier alpha value is -0.820. The quantitative estimate of drug-likeness (QED) is 0.778. The average molecular weight is 231 g/mol. The van der Waals surface area contributed by atoms with Crippen molar-refractivity contribution in [3.63, 3.8) is 0 Å². The molecule has 0 bridgehead atoms. The molecule has 0 atom stereocenters. The molecule has 0 aliphatic heterocycles. The molecule has 0 amide bonds. The van der Waals surface area contributed by atoms with E-state index in [2.05, 4.69) is 24.3 Å². The van der Waals surface area contributed by atoms with Crippen LogP contribution in [0.2, 0.25) is 0 Å². The van der Waals surface area contributed by atoms with Crippen LogP contribution in [0.3, 0.4) is 0 Å². The van der Waals surface area contributed by atoms with Crippen LogP contribution in [0.15, 0.2) is 24.3 Å². The molecule has 0 unspecified atom stereocenters. The van der Waals surface area contributed by atoms with Gasteiger partial charge in [-0.25, -0.2) is 0 Å². The minimum atomic E-state index is 0.796. The van der Waals surface area contributed by atoms with Gasteiger partial charge in [-0.3, -0.25) is 0 Å². The van der Waals surface area contributed by atoms with E-state index in [0.29, 0.717) is 0 Å². The number of hydrogen-bond donors (Lipinski definition) is 1. The SMILES string of the molecule is NCCCc1ccc(C2CCCCCC2)cc1. The fourth-order valence-electron chi connectivity index (χ4n) is 2.88. The van der Waals surface area contributed by atoms with E-state index < -0.39 is 0 Å². The Morgan fingerprint density at radius 2 is 1.59 bits per heavy atom. The van der Waals surface area contributed by atoms with Gasteiger partial charge in [0.1, 0.15) is 0 Å². The number of rotatable bonds is 4. The van der Waals surface area contributed by atoms with Crippen molar-refractivity contribution in [1.82, 2.24) is 0 Å². The topological polar surface area (TPSA) is 26.0 Å². The fourth-order valence-corrected chi connectivity index (χ4v) is 2.88. The molecule has 17 heavy (non-hydrogen) atoms. The molecule has 1 aliphatic carbocycles. The van der Waals surface area contributed by atoms with E-state index in [1.165, 1.54) is 44.1 Å². The van der Waals surface area contributed by atoms with Crippen LogP contribution in [0.4, 0.5) is 0 Å². The second-order valence-electron chi connectivity index (χ2n) is 5.32. The summed E-state index contributed by atoms with van der Waals surface area (Å²) in [6, 6.07) is 9.30. The van der Waals surface area contributed by atoms with Gasteiger partial charge in [-0.2, -0.15) is 0 Å². The lowest BCUT2D eigenvalue weighted by molar-refractivity contribution is 0.592. The Labute approximate surface area is 105 Å². The van der Waals surface area contributed by atoms with Crippen molar-refractivity contribution in [3.05, 3.63) is 35.4 Å². The smallest absolute Gasteiger partial charge is 0.00741 e. The first-order chi connectivity index (χ1) is 8.40. The van der Waals surface area contributed by atoms with Gasteiger partial charge in [0.15, 0.2) is 0 Å². The molecule has 0 saturated heterocycles. The van der Waals surface area contributed by atoms with E-state index >= 15 is 0 Å². The van der Waals surface area contributed by atoms with Gasteiger partial charge in [-0.1, -0.05) is 49.9 Å². The Bertz CT molecular complexity index is 307. The summed E-state index contributed by atoms with van der Waals surface area (Å²) < 4.78 is 0. The summed E-state index contributed by atoms with van der Waals surface area (Å²) in [4.78, 5) is 0. The maximum atomic E-state index is 5.54. The minimum absolute atomic E-state index is 0.796. The standard InChI is InChI=1S/C16H25N/c17-13-5-6-14-9-11-16(12-10-14)15-7-3-1-2-4-8-15/h9-12,15H,1-8,13,17H2. The van der Waals surface area contributed by atoms with E-state index in [0.717, 1.165) is 25.3 Å². The van der Waals surface area contributed by atoms with Gasteiger partial charge in [0, 0.05) is 0 Å². The number of hydrogen-bond acceptors (Lipinski definition) is 1. The van der Waals surface area contributed by atoms with Crippen molar-refractivity contribution in [3.8, 4) is 0 Å². The second kappa shape index (κ2) is 6.80. The zero-order valence-electron chi connectivity index (χ0n) is 10.8. The van der Waals surface area contributed by atoms with Gasteiger partial charge in [0.2, 0.25) is 0 Å². The summed E-state index contributed by atoms with van der Waals surface area (Å²) in [5.74, 6) is 0.820. The molecule has 1 saturated carbocycles. The first kappa shape index (κ1) is 12.6. The lowest BCUT2D eigenvalue weighted by Gasteiger charge is -2.14. The van der Waals surface area contributed by atoms with Crippen LogP contribution in [-0.4, -0.2) is 6.54 Å². The van der Waals surface area contributed by atoms with Crippen LogP contribution in [-0.2, 0) is 6.42 Å². The molecule has 1 aromatic rings. The highest BCUT2D eigenvalue weighted by atomic mass is 14.5. The van der Waals surface area contributed by atoms with Crippen molar-refractivity contribution in [2.45, 2.75) is 57.3 Å². The van der Waals surface area contributed by atoms with Crippen LogP contribution in [0.25, 0.3) is 0 Å². The van der Waals surface area contributed by atoms with Crippen molar-refractivity contribution < 1.29 is 0 Å². The molecule has 0 spiro atoms. The van der Waals surface area contributed by atoms with Crippen LogP contribution in [0.5, 0.6) is 0 Å². The van der Waals surface area contributed by atoms with Crippen LogP contribution in [0.1, 0.15) is 62.0 Å². The van der Waals surface area contributed by atoms with Gasteiger partial charge in [-0.15, -0.1) is 0 Å². The summed E-state index contributed by atoms with van der Waals surface area (Å²) in [6.07, 6.45) is 10.7. The molecule has 2 rings (SSSR count). The van der Waals surface area contributed by atoms with Crippen LogP contribution >= 0.6 is 0 Å². The van der Waals surface area contributed by atoms with Gasteiger partial charge in [0.05, 0.1) is 0 Å². The highest BCUT2D eigenvalue weighted by Crippen LogP contribution is 2.31. The second-order valence-corrected chi connectivity index (χ2v) is 5.32. The third kappa shape index (κ3) is 3.85. The Morgan fingerprint density at radius 3 is 2.18 bits per heavy atom. The summed E-state index contributed by atoms with van der Waals surface area (Å²) in [6.45, 7) is 0.796. The summed E-state index contributed by atoms with van der Waals surface area (Å²) in [7, 11) is 0. The normalized spacial score (nSPS) is 17.9. The molecule has 0 heterocycles. The molecule has 94 valence electrons. The third-order valence-electron chi connectivity index (χ3n) is 3.98. The average Bonchev–Trinajstić information content (AvgIpc) is 2.66. The van der Waals surface area contributed by atoms with Crippen LogP contribution in [0, 0.1) is 0 Å². The zero-order chi connectivity index (χ0) is 11.9. The molecule has 1 fully saturated rings. The molecule has 1 aliphatic rings. The lowest BCUT2D eigenvalue weighted by atomic mass is 9.91. The monoisotopic (exact) mass is 231 g/mol. The maximum absolute atomic E-state index is 5.54. The van der Waals surface area contributed by atoms with E-state index in [1.807, 2.05) is 0 Å². The van der Waals surface area contributed by atoms with E-state index in [-0.39, 0.29) is 0 Å². The number of nitrogens with two attached hydrogens (primary N) is 1. The van der Waals surface area contributed by atoms with Gasteiger partial charge < -0.3 is 5.73 Å². The van der Waals surface area contributed by atoms with Crippen LogP contribution < -0.4 is 5.73 Å². The molecule has 1 heteroatoms. The van der Waals surface area contributed by atoms with Crippen molar-refractivity contribution in [2.75, 3.05) is 6.54 Å². The van der Waals surface area contributed by atoms with E-state index in [4.69, 9.17) is 5.73 Å². The maximum Gasteiger partial charge on any atom is -0.00741 e. The summed E-state index contributed by atoms with van der Waals surface area (Å²) in [5.41, 5.74) is 8.54. The van der Waals surface area contributed by atoms with Crippen molar-refractivity contribution in [1.29, 1.82) is 0 Å². The molecule has 1 nitrogen and oxygen atoms in total. The van der Waals surface area contributed by atoms with Gasteiger partial charge >= 0.3 is 0 Å². The zero-order valence-corrected chi connectivity index (χ0v) is 10.8. The largest absolute Gasteiger partial charge is 0.330 e. The van der Waals surface area contributed by atoms with Gasteiger partial charge in [0.25, 0.3) is 0 Å². The van der Waals surface area contributed by atoms with E-state index in [1.54, 1.807) is 5.56 Å². The minimum Gasteiger partial charge on any atom is -0.330 e. The van der Waals surface area contributed by atoms with Gasteiger partial charge in [-0.05, 0) is 49.3 Å². The predicted octanol–water partition coefficient (Wildman–Crippen LogP) is 4.02. The molecule has 1 aromatic carbocycles. The third-order valence-corrected chi connectivity index (χ3v) is 3.98. The first-order valence-electron chi connectivity index (χ1n) is 7.19. The van der Waals surface area contributed by atoms with Crippen molar-refractivity contribution >= 4 is 0 Å². The Kier molecular flexibility index (Phi) is 5.06.